The number of ether oxygens (including phenoxy) is 1. The summed E-state index contributed by atoms with van der Waals surface area (Å²) >= 11 is 0. The van der Waals surface area contributed by atoms with Crippen LogP contribution in [0.25, 0.3) is 0 Å². The van der Waals surface area contributed by atoms with Crippen molar-refractivity contribution in [1.29, 1.82) is 0 Å². The van der Waals surface area contributed by atoms with Gasteiger partial charge in [0.1, 0.15) is 5.75 Å². The van der Waals surface area contributed by atoms with Crippen molar-refractivity contribution in [3.8, 4) is 5.75 Å². The van der Waals surface area contributed by atoms with Gasteiger partial charge < -0.3 is 25.4 Å². The number of carbonyl (C=O) groups is 2. The second-order valence-electron chi connectivity index (χ2n) is 5.66. The van der Waals surface area contributed by atoms with Gasteiger partial charge >= 0.3 is 11.8 Å². The lowest BCUT2D eigenvalue weighted by atomic mass is 10.1. The Morgan fingerprint density at radius 1 is 1.38 bits per heavy atom. The zero-order valence-electron chi connectivity index (χ0n) is 13.3. The molecule has 0 bridgehead atoms. The maximum Gasteiger partial charge on any atom is 0.316 e. The maximum atomic E-state index is 11.9. The number of nitrogens with one attached hydrogen (secondary N) is 1. The number of hydrogen-bond acceptors (Lipinski definition) is 7. The molecule has 2 rings (SSSR count). The first-order valence-corrected chi connectivity index (χ1v) is 7.10. The molecule has 0 spiro atoms. The third-order valence-electron chi connectivity index (χ3n) is 3.02. The highest BCUT2D eigenvalue weighted by Crippen LogP contribution is 2.18. The molecule has 1 aromatic heterocycles. The molecule has 0 radical (unpaired) electrons. The van der Waals surface area contributed by atoms with E-state index in [0.717, 1.165) is 0 Å². The minimum atomic E-state index is -0.817. The van der Waals surface area contributed by atoms with E-state index in [9.17, 15) is 9.59 Å². The van der Waals surface area contributed by atoms with Gasteiger partial charge in [-0.25, -0.2) is 0 Å². The summed E-state index contributed by atoms with van der Waals surface area (Å²) in [7, 11) is 0. The number of carbonyl (C=O) groups excluding carboxylic acids is 2. The summed E-state index contributed by atoms with van der Waals surface area (Å²) in [5.41, 5.74) is 4.67. The van der Waals surface area contributed by atoms with Crippen molar-refractivity contribution in [2.45, 2.75) is 26.0 Å². The molecule has 9 nitrogen and oxygen atoms in total. The topological polar surface area (TPSA) is 141 Å². The number of hydrogen-bond donors (Lipinski definition) is 3. The molecule has 0 atom stereocenters. The first-order chi connectivity index (χ1) is 11.3. The van der Waals surface area contributed by atoms with Crippen LogP contribution in [-0.4, -0.2) is 39.2 Å². The molecule has 1 aromatic carbocycles. The fraction of sp³-hybridized carbons (Fsp3) is 0.333. The molecule has 2 aromatic rings. The zero-order valence-corrected chi connectivity index (χ0v) is 13.3. The fourth-order valence-electron chi connectivity index (χ4n) is 1.74. The number of primary amides is 1. The molecule has 2 amide bonds. The van der Waals surface area contributed by atoms with Crippen molar-refractivity contribution in [1.82, 2.24) is 15.5 Å². The Morgan fingerprint density at radius 2 is 2.08 bits per heavy atom. The Kier molecular flexibility index (Phi) is 5.14. The van der Waals surface area contributed by atoms with Crippen LogP contribution in [0.2, 0.25) is 0 Å². The third kappa shape index (κ3) is 4.29. The second kappa shape index (κ2) is 7.09. The number of aromatic nitrogens is 2. The zero-order chi connectivity index (χ0) is 17.7. The molecular weight excluding hydrogens is 316 g/mol. The smallest absolute Gasteiger partial charge is 0.316 e. The predicted octanol–water partition coefficient (Wildman–Crippen LogP) is 0.248. The molecule has 0 saturated carbocycles. The summed E-state index contributed by atoms with van der Waals surface area (Å²) in [6, 6.07) is 6.46. The number of aliphatic hydroxyl groups is 1. The van der Waals surface area contributed by atoms with Gasteiger partial charge in [-0.1, -0.05) is 17.3 Å². The Balaban J connectivity index is 2.02. The summed E-state index contributed by atoms with van der Waals surface area (Å²) < 4.78 is 10.3. The first kappa shape index (κ1) is 17.4. The minimum Gasteiger partial charge on any atom is -0.485 e. The van der Waals surface area contributed by atoms with Gasteiger partial charge in [0.05, 0.1) is 17.7 Å². The van der Waals surface area contributed by atoms with Crippen molar-refractivity contribution in [3.63, 3.8) is 0 Å². The number of aliphatic hydroxyl groups excluding tert-OH is 1. The van der Waals surface area contributed by atoms with Gasteiger partial charge in [-0.05, 0) is 26.0 Å². The van der Waals surface area contributed by atoms with Crippen LogP contribution in [0.4, 0.5) is 0 Å². The molecule has 24 heavy (non-hydrogen) atoms. The van der Waals surface area contributed by atoms with Crippen LogP contribution in [0.1, 0.15) is 40.7 Å². The predicted molar refractivity (Wildman–Crippen MR) is 82.2 cm³/mol. The van der Waals surface area contributed by atoms with Gasteiger partial charge in [-0.2, -0.15) is 4.98 Å². The molecular formula is C15H18N4O5. The van der Waals surface area contributed by atoms with E-state index in [1.165, 1.54) is 6.07 Å². The van der Waals surface area contributed by atoms with Crippen LogP contribution in [0, 0.1) is 0 Å². The summed E-state index contributed by atoms with van der Waals surface area (Å²) in [4.78, 5) is 27.1. The number of rotatable bonds is 7. The van der Waals surface area contributed by atoms with Crippen LogP contribution < -0.4 is 15.8 Å². The Bertz CT molecular complexity index is 741. The van der Waals surface area contributed by atoms with Gasteiger partial charge in [0.25, 0.3) is 5.91 Å². The molecule has 0 aliphatic carbocycles. The molecule has 0 fully saturated rings. The lowest BCUT2D eigenvalue weighted by Crippen LogP contribution is -2.46. The number of nitrogens with zero attached hydrogens (tertiary/aromatic N) is 2. The number of amides is 2. The lowest BCUT2D eigenvalue weighted by molar-refractivity contribution is 0.0824. The minimum absolute atomic E-state index is 0.107. The van der Waals surface area contributed by atoms with E-state index >= 15 is 0 Å². The van der Waals surface area contributed by atoms with E-state index < -0.39 is 17.4 Å². The SMILES string of the molecule is CC(C)(CO)NC(=O)c1nc(COc2ccccc2C(N)=O)no1. The summed E-state index contributed by atoms with van der Waals surface area (Å²) in [6.45, 7) is 2.94. The van der Waals surface area contributed by atoms with Crippen LogP contribution in [0.5, 0.6) is 5.75 Å². The van der Waals surface area contributed by atoms with Gasteiger partial charge in [0.2, 0.25) is 5.82 Å². The normalized spacial score (nSPS) is 11.1. The average Bonchev–Trinajstić information content (AvgIpc) is 3.02. The third-order valence-corrected chi connectivity index (χ3v) is 3.02. The van der Waals surface area contributed by atoms with Crippen molar-refractivity contribution >= 4 is 11.8 Å². The molecule has 0 aliphatic rings. The van der Waals surface area contributed by atoms with Crippen molar-refractivity contribution < 1.29 is 24.0 Å². The molecule has 1 heterocycles. The molecule has 0 aliphatic heterocycles. The number of benzene rings is 1. The second-order valence-corrected chi connectivity index (χ2v) is 5.66. The maximum absolute atomic E-state index is 11.9. The molecule has 0 unspecified atom stereocenters. The van der Waals surface area contributed by atoms with Gasteiger partial charge in [0.15, 0.2) is 6.61 Å². The van der Waals surface area contributed by atoms with Crippen molar-refractivity contribution in [2.24, 2.45) is 5.73 Å². The summed E-state index contributed by atoms with van der Waals surface area (Å²) in [5.74, 6) is -1.07. The first-order valence-electron chi connectivity index (χ1n) is 7.10. The summed E-state index contributed by atoms with van der Waals surface area (Å²) in [5, 5.41) is 15.3. The van der Waals surface area contributed by atoms with Gasteiger partial charge in [0, 0.05) is 0 Å². The fourth-order valence-corrected chi connectivity index (χ4v) is 1.74. The monoisotopic (exact) mass is 334 g/mol. The van der Waals surface area contributed by atoms with E-state index in [2.05, 4.69) is 15.5 Å². The van der Waals surface area contributed by atoms with E-state index in [-0.39, 0.29) is 36.2 Å². The van der Waals surface area contributed by atoms with E-state index in [4.69, 9.17) is 20.1 Å². The van der Waals surface area contributed by atoms with Crippen molar-refractivity contribution in [3.05, 3.63) is 41.5 Å². The van der Waals surface area contributed by atoms with E-state index in [0.29, 0.717) is 0 Å². The molecule has 9 heteroatoms. The van der Waals surface area contributed by atoms with E-state index in [1.54, 1.807) is 32.0 Å². The summed E-state index contributed by atoms with van der Waals surface area (Å²) in [6.07, 6.45) is 0. The molecule has 4 N–H and O–H groups in total. The molecule has 0 saturated heterocycles. The van der Waals surface area contributed by atoms with Crippen LogP contribution in [-0.2, 0) is 6.61 Å². The Labute approximate surface area is 137 Å². The Hall–Kier alpha value is -2.94. The highest BCUT2D eigenvalue weighted by atomic mass is 16.5. The van der Waals surface area contributed by atoms with Crippen LogP contribution in [0.3, 0.4) is 0 Å². The average molecular weight is 334 g/mol. The quantitative estimate of drug-likeness (QED) is 0.659. The van der Waals surface area contributed by atoms with E-state index in [1.807, 2.05) is 0 Å². The number of para-hydroxylation sites is 1. The standard InChI is InChI=1S/C15H18N4O5/c1-15(2,8-20)18-13(22)14-17-11(19-24-14)7-23-10-6-4-3-5-9(10)12(16)21/h3-6,20H,7-8H2,1-2H3,(H2,16,21)(H,18,22). The number of nitrogens with two attached hydrogens (primary N) is 1. The van der Waals surface area contributed by atoms with Gasteiger partial charge in [-0.15, -0.1) is 0 Å². The van der Waals surface area contributed by atoms with Crippen LogP contribution in [0.15, 0.2) is 28.8 Å². The van der Waals surface area contributed by atoms with Crippen LogP contribution >= 0.6 is 0 Å². The Morgan fingerprint density at radius 3 is 2.75 bits per heavy atom. The largest absolute Gasteiger partial charge is 0.485 e. The highest BCUT2D eigenvalue weighted by molar-refractivity contribution is 5.95. The van der Waals surface area contributed by atoms with Crippen molar-refractivity contribution in [2.75, 3.05) is 6.61 Å². The lowest BCUT2D eigenvalue weighted by Gasteiger charge is -2.21. The highest BCUT2D eigenvalue weighted by Gasteiger charge is 2.24. The molecule has 128 valence electrons. The van der Waals surface area contributed by atoms with Gasteiger partial charge in [-0.3, -0.25) is 9.59 Å².